The zero-order valence-corrected chi connectivity index (χ0v) is 13.3. The number of amides is 2. The van der Waals surface area contributed by atoms with Crippen LogP contribution in [0.1, 0.15) is 25.3 Å². The van der Waals surface area contributed by atoms with Crippen molar-refractivity contribution in [2.24, 2.45) is 0 Å². The molecular weight excluding hydrogens is 280 g/mol. The monoisotopic (exact) mass is 304 g/mol. The Morgan fingerprint density at radius 3 is 2.68 bits per heavy atom. The molecule has 0 bridgehead atoms. The van der Waals surface area contributed by atoms with Crippen molar-refractivity contribution >= 4 is 11.8 Å². The summed E-state index contributed by atoms with van der Waals surface area (Å²) >= 11 is 0. The summed E-state index contributed by atoms with van der Waals surface area (Å²) in [4.78, 5) is 28.2. The highest BCUT2D eigenvalue weighted by Gasteiger charge is 2.30. The van der Waals surface area contributed by atoms with Gasteiger partial charge in [-0.2, -0.15) is 0 Å². The molecule has 1 aromatic rings. The largest absolute Gasteiger partial charge is 0.375 e. The zero-order chi connectivity index (χ0) is 15.9. The summed E-state index contributed by atoms with van der Waals surface area (Å²) in [6.45, 7) is 3.79. The van der Waals surface area contributed by atoms with Crippen molar-refractivity contribution in [2.45, 2.75) is 32.4 Å². The van der Waals surface area contributed by atoms with Gasteiger partial charge in [0.2, 0.25) is 11.8 Å². The first kappa shape index (κ1) is 16.5. The van der Waals surface area contributed by atoms with Crippen LogP contribution >= 0.6 is 0 Å². The average Bonchev–Trinajstić information content (AvgIpc) is 2.69. The van der Waals surface area contributed by atoms with Crippen LogP contribution < -0.4 is 0 Å². The number of carbonyl (C=O) groups is 2. The number of rotatable bonds is 5. The summed E-state index contributed by atoms with van der Waals surface area (Å²) in [7, 11) is 1.51. The third-order valence-corrected chi connectivity index (χ3v) is 4.08. The topological polar surface area (TPSA) is 49.9 Å². The summed E-state index contributed by atoms with van der Waals surface area (Å²) in [5.41, 5.74) is 1.12. The number of methoxy groups -OCH3 is 1. The lowest BCUT2D eigenvalue weighted by molar-refractivity contribution is -0.135. The fraction of sp³-hybridized carbons (Fsp3) is 0.529. The first-order valence-electron chi connectivity index (χ1n) is 7.75. The predicted molar refractivity (Wildman–Crippen MR) is 84.1 cm³/mol. The second kappa shape index (κ2) is 7.94. The number of nitrogens with zero attached hydrogens (tertiary/aromatic N) is 2. The maximum absolute atomic E-state index is 12.5. The SMILES string of the molecule is CCC1CN(C(=O)COC)CCC(=O)N1Cc1ccccc1. The quantitative estimate of drug-likeness (QED) is 0.831. The Morgan fingerprint density at radius 2 is 2.05 bits per heavy atom. The molecule has 0 saturated carbocycles. The standard InChI is InChI=1S/C17H24N2O3/c1-3-15-12-18(17(21)13-22-2)10-9-16(20)19(15)11-14-7-5-4-6-8-14/h4-8,15H,3,9-13H2,1-2H3. The molecule has 1 atom stereocenters. The van der Waals surface area contributed by atoms with Gasteiger partial charge in [-0.3, -0.25) is 9.59 Å². The van der Waals surface area contributed by atoms with Crippen molar-refractivity contribution in [3.05, 3.63) is 35.9 Å². The van der Waals surface area contributed by atoms with E-state index in [1.165, 1.54) is 7.11 Å². The molecule has 1 aromatic carbocycles. The zero-order valence-electron chi connectivity index (χ0n) is 13.3. The Balaban J connectivity index is 2.12. The van der Waals surface area contributed by atoms with Crippen LogP contribution in [0.3, 0.4) is 0 Å². The van der Waals surface area contributed by atoms with E-state index in [-0.39, 0.29) is 24.5 Å². The lowest BCUT2D eigenvalue weighted by Gasteiger charge is -2.31. The van der Waals surface area contributed by atoms with Crippen LogP contribution in [0.25, 0.3) is 0 Å². The van der Waals surface area contributed by atoms with Gasteiger partial charge in [-0.15, -0.1) is 0 Å². The molecule has 1 aliphatic heterocycles. The van der Waals surface area contributed by atoms with Crippen molar-refractivity contribution in [3.8, 4) is 0 Å². The lowest BCUT2D eigenvalue weighted by Crippen LogP contribution is -2.44. The van der Waals surface area contributed by atoms with E-state index in [1.54, 1.807) is 4.90 Å². The molecule has 120 valence electrons. The first-order valence-corrected chi connectivity index (χ1v) is 7.75. The van der Waals surface area contributed by atoms with Crippen LogP contribution in [0.15, 0.2) is 30.3 Å². The normalized spacial score (nSPS) is 19.2. The van der Waals surface area contributed by atoms with E-state index in [1.807, 2.05) is 35.2 Å². The van der Waals surface area contributed by atoms with Gasteiger partial charge in [0.15, 0.2) is 0 Å². The molecular formula is C17H24N2O3. The minimum absolute atomic E-state index is 0.0460. The fourth-order valence-corrected chi connectivity index (χ4v) is 2.81. The van der Waals surface area contributed by atoms with Gasteiger partial charge in [0.1, 0.15) is 6.61 Å². The van der Waals surface area contributed by atoms with Crippen LogP contribution in [0.4, 0.5) is 0 Å². The Kier molecular flexibility index (Phi) is 5.95. The molecule has 22 heavy (non-hydrogen) atoms. The summed E-state index contributed by atoms with van der Waals surface area (Å²) in [6, 6.07) is 10.0. The van der Waals surface area contributed by atoms with E-state index in [4.69, 9.17) is 4.74 Å². The number of hydrogen-bond acceptors (Lipinski definition) is 3. The summed E-state index contributed by atoms with van der Waals surface area (Å²) in [5, 5.41) is 0. The maximum Gasteiger partial charge on any atom is 0.248 e. The highest BCUT2D eigenvalue weighted by molar-refractivity contribution is 5.81. The molecule has 0 N–H and O–H groups in total. The molecule has 2 amide bonds. The van der Waals surface area contributed by atoms with Crippen LogP contribution in [0, 0.1) is 0 Å². The van der Waals surface area contributed by atoms with E-state index in [2.05, 4.69) is 6.92 Å². The number of hydrogen-bond donors (Lipinski definition) is 0. The number of ether oxygens (including phenoxy) is 1. The van der Waals surface area contributed by atoms with Crippen molar-refractivity contribution in [2.75, 3.05) is 26.8 Å². The highest BCUT2D eigenvalue weighted by atomic mass is 16.5. The van der Waals surface area contributed by atoms with Crippen LogP contribution in [-0.4, -0.2) is 54.5 Å². The fourth-order valence-electron chi connectivity index (χ4n) is 2.81. The Hall–Kier alpha value is -1.88. The first-order chi connectivity index (χ1) is 10.7. The number of benzene rings is 1. The van der Waals surface area contributed by atoms with Gasteiger partial charge in [0, 0.05) is 39.2 Å². The van der Waals surface area contributed by atoms with Gasteiger partial charge in [0.25, 0.3) is 0 Å². The van der Waals surface area contributed by atoms with E-state index in [0.717, 1.165) is 12.0 Å². The van der Waals surface area contributed by atoms with Crippen LogP contribution in [-0.2, 0) is 20.9 Å². The van der Waals surface area contributed by atoms with E-state index < -0.39 is 0 Å². The summed E-state index contributed by atoms with van der Waals surface area (Å²) in [5.74, 6) is 0.0683. The molecule has 5 heteroatoms. The van der Waals surface area contributed by atoms with Crippen molar-refractivity contribution in [1.29, 1.82) is 0 Å². The van der Waals surface area contributed by atoms with E-state index in [0.29, 0.717) is 26.1 Å². The van der Waals surface area contributed by atoms with E-state index in [9.17, 15) is 9.59 Å². The Morgan fingerprint density at radius 1 is 1.32 bits per heavy atom. The smallest absolute Gasteiger partial charge is 0.248 e. The van der Waals surface area contributed by atoms with Gasteiger partial charge >= 0.3 is 0 Å². The molecule has 1 heterocycles. The minimum Gasteiger partial charge on any atom is -0.375 e. The molecule has 1 fully saturated rings. The third kappa shape index (κ3) is 4.07. The van der Waals surface area contributed by atoms with Crippen molar-refractivity contribution in [3.63, 3.8) is 0 Å². The molecule has 2 rings (SSSR count). The molecule has 1 aliphatic rings. The van der Waals surface area contributed by atoms with Gasteiger partial charge in [-0.1, -0.05) is 37.3 Å². The summed E-state index contributed by atoms with van der Waals surface area (Å²) in [6.07, 6.45) is 1.20. The molecule has 0 aliphatic carbocycles. The van der Waals surface area contributed by atoms with Crippen molar-refractivity contribution in [1.82, 2.24) is 9.80 Å². The van der Waals surface area contributed by atoms with Gasteiger partial charge in [-0.05, 0) is 12.0 Å². The summed E-state index contributed by atoms with van der Waals surface area (Å²) < 4.78 is 4.93. The van der Waals surface area contributed by atoms with Crippen LogP contribution in [0.2, 0.25) is 0 Å². The third-order valence-electron chi connectivity index (χ3n) is 4.08. The lowest BCUT2D eigenvalue weighted by atomic mass is 10.1. The predicted octanol–water partition coefficient (Wildman–Crippen LogP) is 1.67. The molecule has 0 spiro atoms. The average molecular weight is 304 g/mol. The second-order valence-corrected chi connectivity index (χ2v) is 5.59. The minimum atomic E-state index is -0.0460. The van der Waals surface area contributed by atoms with Gasteiger partial charge in [-0.25, -0.2) is 0 Å². The van der Waals surface area contributed by atoms with Crippen LogP contribution in [0.5, 0.6) is 0 Å². The number of carbonyl (C=O) groups excluding carboxylic acids is 2. The second-order valence-electron chi connectivity index (χ2n) is 5.59. The van der Waals surface area contributed by atoms with Gasteiger partial charge < -0.3 is 14.5 Å². The van der Waals surface area contributed by atoms with Crippen molar-refractivity contribution < 1.29 is 14.3 Å². The molecule has 5 nitrogen and oxygen atoms in total. The van der Waals surface area contributed by atoms with E-state index >= 15 is 0 Å². The maximum atomic E-state index is 12.5. The Bertz CT molecular complexity index is 504. The highest BCUT2D eigenvalue weighted by Crippen LogP contribution is 2.17. The Labute approximate surface area is 131 Å². The molecule has 0 aromatic heterocycles. The molecule has 0 radical (unpaired) electrons. The van der Waals surface area contributed by atoms with Gasteiger partial charge in [0.05, 0.1) is 0 Å². The molecule has 1 saturated heterocycles. The molecule has 1 unspecified atom stereocenters.